The number of rotatable bonds is 2. The molecule has 90 valence electrons. The average Bonchev–Trinajstić information content (AvgIpc) is 2.34. The van der Waals surface area contributed by atoms with Gasteiger partial charge in [-0.25, -0.2) is 8.78 Å². The molecule has 0 aliphatic carbocycles. The summed E-state index contributed by atoms with van der Waals surface area (Å²) in [5.41, 5.74) is 6.58. The van der Waals surface area contributed by atoms with Gasteiger partial charge in [0.05, 0.1) is 28.7 Å². The molecule has 0 amide bonds. The fourth-order valence-corrected chi connectivity index (χ4v) is 1.48. The molecule has 2 aromatic rings. The number of anilines is 3. The molecule has 0 bridgehead atoms. The molecule has 3 N–H and O–H groups in total. The van der Waals surface area contributed by atoms with Crippen molar-refractivity contribution >= 4 is 17.1 Å². The molecule has 0 spiro atoms. The second-order valence-corrected chi connectivity index (χ2v) is 3.66. The summed E-state index contributed by atoms with van der Waals surface area (Å²) in [6, 6.07) is 9.64. The Morgan fingerprint density at radius 1 is 1.06 bits per heavy atom. The third-order valence-electron chi connectivity index (χ3n) is 2.38. The van der Waals surface area contributed by atoms with Gasteiger partial charge in [0.2, 0.25) is 0 Å². The zero-order valence-corrected chi connectivity index (χ0v) is 9.24. The minimum atomic E-state index is -0.572. The quantitative estimate of drug-likeness (QED) is 0.799. The molecule has 2 aromatic carbocycles. The number of benzene rings is 2. The maximum absolute atomic E-state index is 13.6. The molecule has 0 heterocycles. The number of hydrogen-bond acceptors (Lipinski definition) is 3. The highest BCUT2D eigenvalue weighted by atomic mass is 19.1. The fourth-order valence-electron chi connectivity index (χ4n) is 1.48. The number of halogens is 2. The SMILES string of the molecule is N#Cc1ccc(Nc2ccc(F)cc2N)c(F)c1. The van der Waals surface area contributed by atoms with Gasteiger partial charge >= 0.3 is 0 Å². The van der Waals surface area contributed by atoms with E-state index in [0.717, 1.165) is 12.1 Å². The van der Waals surface area contributed by atoms with Gasteiger partial charge in [-0.15, -0.1) is 0 Å². The highest BCUT2D eigenvalue weighted by molar-refractivity contribution is 5.72. The molecule has 5 heteroatoms. The first-order chi connectivity index (χ1) is 8.60. The molecule has 0 atom stereocenters. The van der Waals surface area contributed by atoms with Crippen molar-refractivity contribution in [1.82, 2.24) is 0 Å². The van der Waals surface area contributed by atoms with Gasteiger partial charge < -0.3 is 11.1 Å². The van der Waals surface area contributed by atoms with Gasteiger partial charge in [0.1, 0.15) is 11.6 Å². The molecule has 0 aromatic heterocycles. The molecule has 3 nitrogen and oxygen atoms in total. The van der Waals surface area contributed by atoms with E-state index in [4.69, 9.17) is 11.0 Å². The number of nitrogen functional groups attached to an aromatic ring is 1. The Morgan fingerprint density at radius 3 is 2.39 bits per heavy atom. The van der Waals surface area contributed by atoms with E-state index in [0.29, 0.717) is 5.69 Å². The molecule has 2 rings (SSSR count). The molecule has 18 heavy (non-hydrogen) atoms. The standard InChI is InChI=1S/C13H9F2N3/c14-9-2-4-13(11(17)6-9)18-12-3-1-8(7-16)5-10(12)15/h1-6,18H,17H2. The van der Waals surface area contributed by atoms with Crippen LogP contribution in [0, 0.1) is 23.0 Å². The summed E-state index contributed by atoms with van der Waals surface area (Å²) < 4.78 is 26.5. The number of nitriles is 1. The van der Waals surface area contributed by atoms with E-state index in [-0.39, 0.29) is 16.9 Å². The Bertz CT molecular complexity index is 633. The second kappa shape index (κ2) is 4.72. The van der Waals surface area contributed by atoms with E-state index >= 15 is 0 Å². The first-order valence-corrected chi connectivity index (χ1v) is 5.12. The van der Waals surface area contributed by atoms with Gasteiger partial charge in [0.25, 0.3) is 0 Å². The Labute approximate surface area is 102 Å². The summed E-state index contributed by atoms with van der Waals surface area (Å²) >= 11 is 0. The lowest BCUT2D eigenvalue weighted by molar-refractivity contribution is 0.628. The van der Waals surface area contributed by atoms with Gasteiger partial charge in [-0.2, -0.15) is 5.26 Å². The van der Waals surface area contributed by atoms with Crippen LogP contribution < -0.4 is 11.1 Å². The van der Waals surface area contributed by atoms with E-state index in [1.165, 1.54) is 24.3 Å². The van der Waals surface area contributed by atoms with Crippen LogP contribution in [0.1, 0.15) is 5.56 Å². The number of nitrogens with two attached hydrogens (primary N) is 1. The minimum Gasteiger partial charge on any atom is -0.397 e. The first-order valence-electron chi connectivity index (χ1n) is 5.12. The Morgan fingerprint density at radius 2 is 1.78 bits per heavy atom. The minimum absolute atomic E-state index is 0.173. The van der Waals surface area contributed by atoms with Gasteiger partial charge in [0.15, 0.2) is 0 Å². The lowest BCUT2D eigenvalue weighted by Gasteiger charge is -2.10. The number of hydrogen-bond donors (Lipinski definition) is 2. The van der Waals surface area contributed by atoms with Crippen LogP contribution in [-0.4, -0.2) is 0 Å². The predicted octanol–water partition coefficient (Wildman–Crippen LogP) is 3.16. The van der Waals surface area contributed by atoms with Gasteiger partial charge in [-0.3, -0.25) is 0 Å². The lowest BCUT2D eigenvalue weighted by Crippen LogP contribution is -1.99. The van der Waals surface area contributed by atoms with Crippen LogP contribution in [0.3, 0.4) is 0 Å². The van der Waals surface area contributed by atoms with Crippen molar-refractivity contribution < 1.29 is 8.78 Å². The van der Waals surface area contributed by atoms with E-state index in [9.17, 15) is 8.78 Å². The smallest absolute Gasteiger partial charge is 0.147 e. The summed E-state index contributed by atoms with van der Waals surface area (Å²) in [6.45, 7) is 0. The average molecular weight is 245 g/mol. The van der Waals surface area contributed by atoms with Crippen molar-refractivity contribution in [2.75, 3.05) is 11.1 Å². The lowest BCUT2D eigenvalue weighted by atomic mass is 10.2. The maximum Gasteiger partial charge on any atom is 0.147 e. The van der Waals surface area contributed by atoms with Gasteiger partial charge in [0, 0.05) is 0 Å². The molecule has 0 radical (unpaired) electrons. The molecule has 0 unspecified atom stereocenters. The topological polar surface area (TPSA) is 61.8 Å². The van der Waals surface area contributed by atoms with Crippen LogP contribution in [0.2, 0.25) is 0 Å². The summed E-state index contributed by atoms with van der Waals surface area (Å²) in [6.07, 6.45) is 0. The monoisotopic (exact) mass is 245 g/mol. The third kappa shape index (κ3) is 2.38. The summed E-state index contributed by atoms with van der Waals surface area (Å²) in [5, 5.41) is 11.4. The molecular formula is C13H9F2N3. The van der Waals surface area contributed by atoms with Gasteiger partial charge in [-0.1, -0.05) is 0 Å². The Kier molecular flexibility index (Phi) is 3.11. The van der Waals surface area contributed by atoms with Crippen molar-refractivity contribution in [1.29, 1.82) is 5.26 Å². The van der Waals surface area contributed by atoms with E-state index < -0.39 is 11.6 Å². The Balaban J connectivity index is 2.32. The summed E-state index contributed by atoms with van der Waals surface area (Å²) in [4.78, 5) is 0. The van der Waals surface area contributed by atoms with Gasteiger partial charge in [-0.05, 0) is 36.4 Å². The Hall–Kier alpha value is -2.61. The third-order valence-corrected chi connectivity index (χ3v) is 2.38. The van der Waals surface area contributed by atoms with Crippen molar-refractivity contribution in [3.8, 4) is 6.07 Å². The van der Waals surface area contributed by atoms with Crippen molar-refractivity contribution in [3.05, 3.63) is 53.6 Å². The molecule has 0 saturated carbocycles. The van der Waals surface area contributed by atoms with Crippen molar-refractivity contribution in [2.45, 2.75) is 0 Å². The zero-order chi connectivity index (χ0) is 13.1. The van der Waals surface area contributed by atoms with E-state index in [2.05, 4.69) is 5.32 Å². The summed E-state index contributed by atoms with van der Waals surface area (Å²) in [5.74, 6) is -1.03. The molecule has 0 aliphatic heterocycles. The van der Waals surface area contributed by atoms with E-state index in [1.54, 1.807) is 0 Å². The zero-order valence-electron chi connectivity index (χ0n) is 9.24. The molecular weight excluding hydrogens is 236 g/mol. The van der Waals surface area contributed by atoms with Crippen LogP contribution in [0.25, 0.3) is 0 Å². The number of nitrogens with zero attached hydrogens (tertiary/aromatic N) is 1. The van der Waals surface area contributed by atoms with E-state index in [1.807, 2.05) is 6.07 Å². The molecule has 0 saturated heterocycles. The highest BCUT2D eigenvalue weighted by Gasteiger charge is 2.06. The first kappa shape index (κ1) is 11.9. The fraction of sp³-hybridized carbons (Fsp3) is 0. The largest absolute Gasteiger partial charge is 0.397 e. The van der Waals surface area contributed by atoms with Crippen LogP contribution in [0.5, 0.6) is 0 Å². The highest BCUT2D eigenvalue weighted by Crippen LogP contribution is 2.25. The van der Waals surface area contributed by atoms with Crippen LogP contribution in [0.15, 0.2) is 36.4 Å². The van der Waals surface area contributed by atoms with Crippen molar-refractivity contribution in [2.24, 2.45) is 0 Å². The summed E-state index contributed by atoms with van der Waals surface area (Å²) in [7, 11) is 0. The second-order valence-electron chi connectivity index (χ2n) is 3.66. The van der Waals surface area contributed by atoms with Crippen LogP contribution in [-0.2, 0) is 0 Å². The van der Waals surface area contributed by atoms with Crippen LogP contribution >= 0.6 is 0 Å². The van der Waals surface area contributed by atoms with Crippen LogP contribution in [0.4, 0.5) is 25.8 Å². The normalized spacial score (nSPS) is 9.83. The molecule has 0 aliphatic rings. The predicted molar refractivity (Wildman–Crippen MR) is 65.2 cm³/mol. The molecule has 0 fully saturated rings. The maximum atomic E-state index is 13.6. The van der Waals surface area contributed by atoms with Crippen molar-refractivity contribution in [3.63, 3.8) is 0 Å². The number of nitrogens with one attached hydrogen (secondary N) is 1.